The molecular formula is C11H15N3O3. The zero-order valence-corrected chi connectivity index (χ0v) is 9.97. The van der Waals surface area contributed by atoms with E-state index < -0.39 is 17.9 Å². The Morgan fingerprint density at radius 2 is 2.06 bits per heavy atom. The lowest BCUT2D eigenvalue weighted by Crippen LogP contribution is -2.44. The first-order valence-electron chi connectivity index (χ1n) is 5.23. The third-order valence-electron chi connectivity index (χ3n) is 2.38. The van der Waals surface area contributed by atoms with Crippen LogP contribution in [0.2, 0.25) is 0 Å². The normalized spacial score (nSPS) is 12.2. The van der Waals surface area contributed by atoms with Crippen LogP contribution in [0.1, 0.15) is 29.9 Å². The lowest BCUT2D eigenvalue weighted by Gasteiger charge is -2.18. The highest BCUT2D eigenvalue weighted by molar-refractivity contribution is 5.97. The second-order valence-corrected chi connectivity index (χ2v) is 4.06. The number of nitrogens with zero attached hydrogens (tertiary/aromatic N) is 2. The van der Waals surface area contributed by atoms with E-state index >= 15 is 0 Å². The van der Waals surface area contributed by atoms with Crippen molar-refractivity contribution >= 4 is 11.9 Å². The minimum atomic E-state index is -1.05. The van der Waals surface area contributed by atoms with Gasteiger partial charge < -0.3 is 10.4 Å². The molecule has 1 aromatic rings. The van der Waals surface area contributed by atoms with E-state index in [9.17, 15) is 9.59 Å². The van der Waals surface area contributed by atoms with Crippen molar-refractivity contribution in [3.63, 3.8) is 0 Å². The smallest absolute Gasteiger partial charge is 0.326 e. The van der Waals surface area contributed by atoms with Crippen LogP contribution in [0.4, 0.5) is 0 Å². The summed E-state index contributed by atoms with van der Waals surface area (Å²) >= 11 is 0. The van der Waals surface area contributed by atoms with E-state index in [4.69, 9.17) is 5.11 Å². The summed E-state index contributed by atoms with van der Waals surface area (Å²) in [6, 6.07) is -0.915. The van der Waals surface area contributed by atoms with Crippen molar-refractivity contribution in [1.82, 2.24) is 15.3 Å². The van der Waals surface area contributed by atoms with Crippen molar-refractivity contribution in [2.24, 2.45) is 5.92 Å². The maximum absolute atomic E-state index is 11.8. The average Bonchev–Trinajstić information content (AvgIpc) is 2.25. The number of carbonyl (C=O) groups excluding carboxylic acids is 1. The molecule has 0 aliphatic heterocycles. The van der Waals surface area contributed by atoms with Crippen molar-refractivity contribution in [2.45, 2.75) is 26.8 Å². The van der Waals surface area contributed by atoms with Gasteiger partial charge in [-0.15, -0.1) is 0 Å². The fourth-order valence-corrected chi connectivity index (χ4v) is 1.35. The van der Waals surface area contributed by atoms with Crippen LogP contribution in [0, 0.1) is 12.8 Å². The molecule has 0 saturated heterocycles. The Kier molecular flexibility index (Phi) is 4.14. The SMILES string of the molecule is Cc1ncncc1C(=O)N[C@H](C(=O)O)C(C)C. The van der Waals surface area contributed by atoms with Gasteiger partial charge in [0.2, 0.25) is 0 Å². The van der Waals surface area contributed by atoms with Gasteiger partial charge in [-0.25, -0.2) is 14.8 Å². The van der Waals surface area contributed by atoms with Gasteiger partial charge in [-0.2, -0.15) is 0 Å². The maximum atomic E-state index is 11.8. The molecule has 0 fully saturated rings. The standard InChI is InChI=1S/C11H15N3O3/c1-6(2)9(11(16)17)14-10(15)8-4-12-5-13-7(8)3/h4-6,9H,1-3H3,(H,14,15)(H,16,17)/t9-/m0/s1. The molecule has 1 atom stereocenters. The van der Waals surface area contributed by atoms with E-state index in [2.05, 4.69) is 15.3 Å². The molecule has 1 heterocycles. The number of amides is 1. The van der Waals surface area contributed by atoms with Crippen LogP contribution in [0.25, 0.3) is 0 Å². The van der Waals surface area contributed by atoms with Gasteiger partial charge in [0.05, 0.1) is 11.3 Å². The molecule has 6 heteroatoms. The van der Waals surface area contributed by atoms with Gasteiger partial charge >= 0.3 is 5.97 Å². The van der Waals surface area contributed by atoms with Crippen molar-refractivity contribution in [3.8, 4) is 0 Å². The minimum Gasteiger partial charge on any atom is -0.480 e. The summed E-state index contributed by atoms with van der Waals surface area (Å²) in [6.45, 7) is 5.13. The van der Waals surface area contributed by atoms with Crippen LogP contribution in [-0.2, 0) is 4.79 Å². The molecule has 1 aromatic heterocycles. The quantitative estimate of drug-likeness (QED) is 0.801. The van der Waals surface area contributed by atoms with E-state index in [-0.39, 0.29) is 5.92 Å². The molecule has 6 nitrogen and oxygen atoms in total. The van der Waals surface area contributed by atoms with Gasteiger partial charge in [-0.1, -0.05) is 13.8 Å². The second-order valence-electron chi connectivity index (χ2n) is 4.06. The highest BCUT2D eigenvalue weighted by atomic mass is 16.4. The third-order valence-corrected chi connectivity index (χ3v) is 2.38. The third kappa shape index (κ3) is 3.24. The summed E-state index contributed by atoms with van der Waals surface area (Å²) in [5.74, 6) is -1.71. The molecule has 0 aliphatic carbocycles. The molecule has 0 spiro atoms. The summed E-state index contributed by atoms with van der Waals surface area (Å²) < 4.78 is 0. The van der Waals surface area contributed by atoms with Crippen LogP contribution in [0.5, 0.6) is 0 Å². The highest BCUT2D eigenvalue weighted by Gasteiger charge is 2.24. The number of hydrogen-bond donors (Lipinski definition) is 2. The Morgan fingerprint density at radius 1 is 1.41 bits per heavy atom. The van der Waals surface area contributed by atoms with Crippen LogP contribution in [0.15, 0.2) is 12.5 Å². The van der Waals surface area contributed by atoms with Crippen molar-refractivity contribution in [2.75, 3.05) is 0 Å². The number of nitrogens with one attached hydrogen (secondary N) is 1. The molecule has 0 aromatic carbocycles. The topological polar surface area (TPSA) is 92.2 Å². The molecule has 0 aliphatic rings. The monoisotopic (exact) mass is 237 g/mol. The second kappa shape index (κ2) is 5.38. The number of carbonyl (C=O) groups is 2. The Morgan fingerprint density at radius 3 is 2.53 bits per heavy atom. The number of carboxylic acid groups (broad SMARTS) is 1. The van der Waals surface area contributed by atoms with Crippen molar-refractivity contribution in [3.05, 3.63) is 23.8 Å². The number of aromatic nitrogens is 2. The summed E-state index contributed by atoms with van der Waals surface area (Å²) in [7, 11) is 0. The molecule has 2 N–H and O–H groups in total. The average molecular weight is 237 g/mol. The first-order valence-corrected chi connectivity index (χ1v) is 5.23. The Balaban J connectivity index is 2.85. The number of rotatable bonds is 4. The summed E-state index contributed by atoms with van der Waals surface area (Å²) in [5.41, 5.74) is 0.810. The van der Waals surface area contributed by atoms with E-state index in [1.165, 1.54) is 12.5 Å². The van der Waals surface area contributed by atoms with E-state index in [1.807, 2.05) is 0 Å². The molecule has 0 bridgehead atoms. The van der Waals surface area contributed by atoms with Gasteiger partial charge in [0.15, 0.2) is 0 Å². The molecule has 92 valence electrons. The number of hydrogen-bond acceptors (Lipinski definition) is 4. The van der Waals surface area contributed by atoms with Gasteiger partial charge in [0, 0.05) is 6.20 Å². The Bertz CT molecular complexity index is 432. The van der Waals surface area contributed by atoms with E-state index in [1.54, 1.807) is 20.8 Å². The minimum absolute atomic E-state index is 0.193. The van der Waals surface area contributed by atoms with Crippen LogP contribution < -0.4 is 5.32 Å². The predicted molar refractivity (Wildman–Crippen MR) is 60.5 cm³/mol. The molecule has 17 heavy (non-hydrogen) atoms. The highest BCUT2D eigenvalue weighted by Crippen LogP contribution is 2.06. The van der Waals surface area contributed by atoms with Crippen LogP contribution in [0.3, 0.4) is 0 Å². The largest absolute Gasteiger partial charge is 0.480 e. The van der Waals surface area contributed by atoms with Gasteiger partial charge in [-0.05, 0) is 12.8 Å². The molecule has 1 amide bonds. The summed E-state index contributed by atoms with van der Waals surface area (Å²) in [5, 5.41) is 11.4. The lowest BCUT2D eigenvalue weighted by molar-refractivity contribution is -0.140. The molecule has 0 radical (unpaired) electrons. The predicted octanol–water partition coefficient (Wildman–Crippen LogP) is 0.624. The number of aliphatic carboxylic acids is 1. The summed E-state index contributed by atoms with van der Waals surface area (Å²) in [6.07, 6.45) is 2.71. The zero-order valence-electron chi connectivity index (χ0n) is 9.97. The Labute approximate surface area is 99.1 Å². The first-order chi connectivity index (χ1) is 7.93. The van der Waals surface area contributed by atoms with Gasteiger partial charge in [0.1, 0.15) is 12.4 Å². The maximum Gasteiger partial charge on any atom is 0.326 e. The van der Waals surface area contributed by atoms with E-state index in [0.29, 0.717) is 11.3 Å². The number of carboxylic acids is 1. The lowest BCUT2D eigenvalue weighted by atomic mass is 10.0. The fraction of sp³-hybridized carbons (Fsp3) is 0.455. The first kappa shape index (κ1) is 13.1. The van der Waals surface area contributed by atoms with Gasteiger partial charge in [-0.3, -0.25) is 4.79 Å². The van der Waals surface area contributed by atoms with Crippen LogP contribution >= 0.6 is 0 Å². The van der Waals surface area contributed by atoms with Crippen LogP contribution in [-0.4, -0.2) is 33.0 Å². The summed E-state index contributed by atoms with van der Waals surface area (Å²) in [4.78, 5) is 30.4. The molecule has 0 saturated carbocycles. The van der Waals surface area contributed by atoms with Gasteiger partial charge in [0.25, 0.3) is 5.91 Å². The van der Waals surface area contributed by atoms with Crippen molar-refractivity contribution < 1.29 is 14.7 Å². The number of aryl methyl sites for hydroxylation is 1. The zero-order chi connectivity index (χ0) is 13.0. The van der Waals surface area contributed by atoms with E-state index in [0.717, 1.165) is 0 Å². The fourth-order valence-electron chi connectivity index (χ4n) is 1.35. The van der Waals surface area contributed by atoms with Crippen molar-refractivity contribution in [1.29, 1.82) is 0 Å². The molecular weight excluding hydrogens is 222 g/mol. The Hall–Kier alpha value is -1.98. The molecule has 0 unspecified atom stereocenters. The molecule has 1 rings (SSSR count).